The number of hydrogen-bond donors (Lipinski definition) is 1. The van der Waals surface area contributed by atoms with Crippen LogP contribution in [0.4, 0.5) is 0 Å². The minimum atomic E-state index is -0.533. The second-order valence-corrected chi connectivity index (χ2v) is 4.33. The number of amides is 2. The van der Waals surface area contributed by atoms with Gasteiger partial charge < -0.3 is 10.1 Å². The first kappa shape index (κ1) is 13.9. The lowest BCUT2D eigenvalue weighted by molar-refractivity contribution is -0.141. The fourth-order valence-corrected chi connectivity index (χ4v) is 2.02. The molecule has 1 aromatic rings. The molecule has 0 aromatic heterocycles. The third-order valence-electron chi connectivity index (χ3n) is 2.89. The summed E-state index contributed by atoms with van der Waals surface area (Å²) in [6.07, 6.45) is -0.221. The van der Waals surface area contributed by atoms with E-state index in [1.54, 1.807) is 31.2 Å². The highest BCUT2D eigenvalue weighted by Crippen LogP contribution is 2.22. The Hall–Kier alpha value is -2.50. The molecule has 0 aliphatic carbocycles. The van der Waals surface area contributed by atoms with Crippen LogP contribution in [0.25, 0.3) is 0 Å². The number of fused-ring (bicyclic) bond motifs is 1. The molecule has 0 fully saturated rings. The van der Waals surface area contributed by atoms with Crippen LogP contribution >= 0.6 is 0 Å². The quantitative estimate of drug-likeness (QED) is 0.497. The lowest BCUT2D eigenvalue weighted by Gasteiger charge is -2.14. The number of hydrogen-bond acceptors (Lipinski definition) is 5. The molecule has 0 bridgehead atoms. The van der Waals surface area contributed by atoms with Crippen molar-refractivity contribution >= 4 is 23.5 Å². The summed E-state index contributed by atoms with van der Waals surface area (Å²) >= 11 is 0. The van der Waals surface area contributed by atoms with Crippen LogP contribution in [-0.2, 0) is 9.53 Å². The fraction of sp³-hybridized carbons (Fsp3) is 0.286. The van der Waals surface area contributed by atoms with E-state index in [4.69, 9.17) is 10.1 Å². The van der Waals surface area contributed by atoms with Gasteiger partial charge in [-0.15, -0.1) is 0 Å². The Morgan fingerprint density at radius 3 is 2.25 bits per heavy atom. The van der Waals surface area contributed by atoms with Gasteiger partial charge in [0.05, 0.1) is 30.7 Å². The first-order valence-electron chi connectivity index (χ1n) is 6.21. The molecule has 1 aliphatic heterocycles. The lowest BCUT2D eigenvalue weighted by atomic mass is 10.1. The predicted octanol–water partition coefficient (Wildman–Crippen LogP) is 1.26. The molecule has 104 valence electrons. The summed E-state index contributed by atoms with van der Waals surface area (Å²) < 4.78 is 4.72. The van der Waals surface area contributed by atoms with Gasteiger partial charge in [0.15, 0.2) is 0 Å². The van der Waals surface area contributed by atoms with E-state index in [-0.39, 0.29) is 25.3 Å². The monoisotopic (exact) mass is 274 g/mol. The normalized spacial score (nSPS) is 13.3. The largest absolute Gasteiger partial charge is 0.466 e. The van der Waals surface area contributed by atoms with Crippen LogP contribution < -0.4 is 0 Å². The second kappa shape index (κ2) is 5.64. The van der Waals surface area contributed by atoms with Crippen LogP contribution in [0, 0.1) is 5.41 Å². The Balaban J connectivity index is 2.05. The Morgan fingerprint density at radius 1 is 1.20 bits per heavy atom. The number of rotatable bonds is 5. The van der Waals surface area contributed by atoms with Crippen LogP contribution in [0.3, 0.4) is 0 Å². The second-order valence-electron chi connectivity index (χ2n) is 4.33. The SMILES string of the molecule is CCOC(=O)CC(=N)CN1C(=O)c2ccccc2C1=O. The summed E-state index contributed by atoms with van der Waals surface area (Å²) in [7, 11) is 0. The molecule has 0 atom stereocenters. The molecule has 0 saturated heterocycles. The molecular weight excluding hydrogens is 260 g/mol. The molecule has 0 radical (unpaired) electrons. The van der Waals surface area contributed by atoms with E-state index < -0.39 is 17.8 Å². The van der Waals surface area contributed by atoms with Crippen LogP contribution in [0.5, 0.6) is 0 Å². The van der Waals surface area contributed by atoms with Crippen molar-refractivity contribution in [3.05, 3.63) is 35.4 Å². The predicted molar refractivity (Wildman–Crippen MR) is 70.8 cm³/mol. The molecule has 2 amide bonds. The van der Waals surface area contributed by atoms with Gasteiger partial charge in [-0.05, 0) is 19.1 Å². The highest BCUT2D eigenvalue weighted by atomic mass is 16.5. The van der Waals surface area contributed by atoms with Crippen molar-refractivity contribution in [2.45, 2.75) is 13.3 Å². The minimum Gasteiger partial charge on any atom is -0.466 e. The van der Waals surface area contributed by atoms with Crippen molar-refractivity contribution in [3.8, 4) is 0 Å². The van der Waals surface area contributed by atoms with Crippen molar-refractivity contribution in [2.24, 2.45) is 0 Å². The van der Waals surface area contributed by atoms with Gasteiger partial charge in [0, 0.05) is 5.71 Å². The van der Waals surface area contributed by atoms with E-state index >= 15 is 0 Å². The summed E-state index contributed by atoms with van der Waals surface area (Å²) in [5.41, 5.74) is 0.640. The van der Waals surface area contributed by atoms with Crippen molar-refractivity contribution < 1.29 is 19.1 Å². The molecule has 0 unspecified atom stereocenters. The summed E-state index contributed by atoms with van der Waals surface area (Å²) in [6, 6.07) is 6.50. The third-order valence-corrected chi connectivity index (χ3v) is 2.89. The first-order chi connectivity index (χ1) is 9.54. The zero-order valence-corrected chi connectivity index (χ0v) is 11.0. The zero-order chi connectivity index (χ0) is 14.7. The third kappa shape index (κ3) is 2.59. The van der Waals surface area contributed by atoms with Crippen LogP contribution in [-0.4, -0.2) is 41.5 Å². The van der Waals surface area contributed by atoms with E-state index in [0.29, 0.717) is 11.1 Å². The lowest BCUT2D eigenvalue weighted by Crippen LogP contribution is -2.35. The number of carbonyl (C=O) groups is 3. The number of carbonyl (C=O) groups excluding carboxylic acids is 3. The molecular formula is C14H14N2O4. The maximum atomic E-state index is 12.0. The molecule has 1 N–H and O–H groups in total. The fourth-order valence-electron chi connectivity index (χ4n) is 2.02. The number of imide groups is 1. The summed E-state index contributed by atoms with van der Waals surface area (Å²) in [4.78, 5) is 36.3. The number of nitrogens with zero attached hydrogens (tertiary/aromatic N) is 1. The Morgan fingerprint density at radius 2 is 1.75 bits per heavy atom. The first-order valence-corrected chi connectivity index (χ1v) is 6.21. The standard InChI is InChI=1S/C14H14N2O4/c1-2-20-12(17)7-9(15)8-16-13(18)10-5-3-4-6-11(10)14(16)19/h3-6,15H,2,7-8H2,1H3. The average Bonchev–Trinajstić information content (AvgIpc) is 2.65. The van der Waals surface area contributed by atoms with Gasteiger partial charge in [-0.3, -0.25) is 19.3 Å². The van der Waals surface area contributed by atoms with Crippen molar-refractivity contribution in [1.29, 1.82) is 5.41 Å². The Kier molecular flexibility index (Phi) is 3.93. The molecule has 2 rings (SSSR count). The van der Waals surface area contributed by atoms with Crippen LogP contribution in [0.15, 0.2) is 24.3 Å². The van der Waals surface area contributed by atoms with E-state index in [1.165, 1.54) is 0 Å². The van der Waals surface area contributed by atoms with Crippen molar-refractivity contribution in [1.82, 2.24) is 4.90 Å². The van der Waals surface area contributed by atoms with Crippen molar-refractivity contribution in [2.75, 3.05) is 13.2 Å². The van der Waals surface area contributed by atoms with Gasteiger partial charge in [-0.2, -0.15) is 0 Å². The van der Waals surface area contributed by atoms with Crippen LogP contribution in [0.2, 0.25) is 0 Å². The number of esters is 1. The van der Waals surface area contributed by atoms with E-state index in [2.05, 4.69) is 0 Å². The number of benzene rings is 1. The highest BCUT2D eigenvalue weighted by Gasteiger charge is 2.35. The summed E-state index contributed by atoms with van der Waals surface area (Å²) in [5.74, 6) is -1.40. The van der Waals surface area contributed by atoms with Gasteiger partial charge in [-0.25, -0.2) is 0 Å². The molecule has 0 spiro atoms. The summed E-state index contributed by atoms with van der Waals surface area (Å²) in [5, 5.41) is 7.70. The molecule has 20 heavy (non-hydrogen) atoms. The Labute approximate surface area is 115 Å². The van der Waals surface area contributed by atoms with Gasteiger partial charge in [0.2, 0.25) is 0 Å². The van der Waals surface area contributed by atoms with Crippen LogP contribution in [0.1, 0.15) is 34.1 Å². The average molecular weight is 274 g/mol. The maximum Gasteiger partial charge on any atom is 0.311 e. The van der Waals surface area contributed by atoms with E-state index in [0.717, 1.165) is 4.90 Å². The smallest absolute Gasteiger partial charge is 0.311 e. The van der Waals surface area contributed by atoms with Gasteiger partial charge in [0.1, 0.15) is 0 Å². The number of ether oxygens (including phenoxy) is 1. The molecule has 6 heteroatoms. The van der Waals surface area contributed by atoms with E-state index in [9.17, 15) is 14.4 Å². The zero-order valence-electron chi connectivity index (χ0n) is 11.0. The number of nitrogens with one attached hydrogen (secondary N) is 1. The molecule has 1 aliphatic rings. The van der Waals surface area contributed by atoms with Crippen molar-refractivity contribution in [3.63, 3.8) is 0 Å². The molecule has 6 nitrogen and oxygen atoms in total. The molecule has 1 aromatic carbocycles. The van der Waals surface area contributed by atoms with Gasteiger partial charge in [0.25, 0.3) is 11.8 Å². The van der Waals surface area contributed by atoms with Gasteiger partial charge in [-0.1, -0.05) is 12.1 Å². The highest BCUT2D eigenvalue weighted by molar-refractivity contribution is 6.22. The molecule has 0 saturated carbocycles. The van der Waals surface area contributed by atoms with Gasteiger partial charge >= 0.3 is 5.97 Å². The minimum absolute atomic E-state index is 0.0297. The maximum absolute atomic E-state index is 12.0. The van der Waals surface area contributed by atoms with E-state index in [1.807, 2.05) is 0 Å². The topological polar surface area (TPSA) is 87.5 Å². The molecule has 1 heterocycles. The summed E-state index contributed by atoms with van der Waals surface area (Å²) in [6.45, 7) is 1.72. The Bertz CT molecular complexity index is 560.